The van der Waals surface area contributed by atoms with Crippen molar-refractivity contribution >= 4 is 23.7 Å². The summed E-state index contributed by atoms with van der Waals surface area (Å²) in [5.41, 5.74) is 13.0. The van der Waals surface area contributed by atoms with Crippen molar-refractivity contribution in [1.29, 1.82) is 0 Å². The number of aliphatic carboxylic acids is 1. The largest absolute Gasteiger partial charge is 0.480 e. The molecular formula is C23H27N5O4. The Kier molecular flexibility index (Phi) is 7.43. The Balaban J connectivity index is 1.79. The molecule has 2 amide bonds. The van der Waals surface area contributed by atoms with Gasteiger partial charge in [-0.15, -0.1) is 0 Å². The molecule has 32 heavy (non-hydrogen) atoms. The third kappa shape index (κ3) is 5.63. The standard InChI is InChI=1S/C23H27N5O4/c24-23(25)26-12-6-11-18(22(31)32)27-20(29)19-13-16-9-4-5-10-17(16)14-28(19)21(30)15-7-2-1-3-8-15/h1-5,7-10,18-19H,6,11-14H2,(H,27,29)(H,31,32)(H4,24,25,26). The first kappa shape index (κ1) is 22.8. The van der Waals surface area contributed by atoms with Crippen LogP contribution in [0.2, 0.25) is 0 Å². The molecule has 168 valence electrons. The molecule has 2 aromatic carbocycles. The van der Waals surface area contributed by atoms with Crippen LogP contribution in [0.3, 0.4) is 0 Å². The van der Waals surface area contributed by atoms with E-state index in [0.717, 1.165) is 11.1 Å². The normalized spacial score (nSPS) is 15.9. The molecule has 6 N–H and O–H groups in total. The Labute approximate surface area is 186 Å². The number of amides is 2. The van der Waals surface area contributed by atoms with E-state index in [1.165, 1.54) is 4.90 Å². The summed E-state index contributed by atoms with van der Waals surface area (Å²) in [4.78, 5) is 43.4. The van der Waals surface area contributed by atoms with Gasteiger partial charge in [-0.1, -0.05) is 42.5 Å². The van der Waals surface area contributed by atoms with Gasteiger partial charge in [0.05, 0.1) is 0 Å². The quantitative estimate of drug-likeness (QED) is 0.273. The van der Waals surface area contributed by atoms with Gasteiger partial charge in [0, 0.05) is 25.1 Å². The fourth-order valence-electron chi connectivity index (χ4n) is 3.75. The molecule has 0 aliphatic carbocycles. The Bertz CT molecular complexity index is 1000. The zero-order valence-corrected chi connectivity index (χ0v) is 17.6. The maximum Gasteiger partial charge on any atom is 0.326 e. The zero-order chi connectivity index (χ0) is 23.1. The smallest absolute Gasteiger partial charge is 0.326 e. The number of carbonyl (C=O) groups is 3. The van der Waals surface area contributed by atoms with E-state index in [1.54, 1.807) is 24.3 Å². The third-order valence-corrected chi connectivity index (χ3v) is 5.39. The number of carboxylic acid groups (broad SMARTS) is 1. The maximum absolute atomic E-state index is 13.2. The Morgan fingerprint density at radius 3 is 2.38 bits per heavy atom. The van der Waals surface area contributed by atoms with Gasteiger partial charge in [-0.2, -0.15) is 0 Å². The van der Waals surface area contributed by atoms with Crippen LogP contribution in [0.5, 0.6) is 0 Å². The second-order valence-corrected chi connectivity index (χ2v) is 7.64. The van der Waals surface area contributed by atoms with Crippen LogP contribution in [-0.4, -0.2) is 52.4 Å². The second kappa shape index (κ2) is 10.4. The van der Waals surface area contributed by atoms with Crippen LogP contribution in [0, 0.1) is 0 Å². The number of carbonyl (C=O) groups excluding carboxylic acids is 2. The summed E-state index contributed by atoms with van der Waals surface area (Å²) in [6, 6.07) is 14.4. The summed E-state index contributed by atoms with van der Waals surface area (Å²) in [5, 5.41) is 12.2. The molecule has 1 aliphatic heterocycles. The molecule has 2 atom stereocenters. The molecule has 3 rings (SSSR count). The molecule has 0 fully saturated rings. The fraction of sp³-hybridized carbons (Fsp3) is 0.304. The van der Waals surface area contributed by atoms with Crippen molar-refractivity contribution < 1.29 is 19.5 Å². The number of carboxylic acids is 1. The minimum absolute atomic E-state index is 0.0724. The lowest BCUT2D eigenvalue weighted by molar-refractivity contribution is -0.142. The van der Waals surface area contributed by atoms with Crippen molar-refractivity contribution in [3.05, 3.63) is 71.3 Å². The van der Waals surface area contributed by atoms with E-state index >= 15 is 0 Å². The molecule has 9 heteroatoms. The number of hydrogen-bond acceptors (Lipinski definition) is 4. The summed E-state index contributed by atoms with van der Waals surface area (Å²) in [5.74, 6) is -2.00. The summed E-state index contributed by atoms with van der Waals surface area (Å²) in [7, 11) is 0. The van der Waals surface area contributed by atoms with Gasteiger partial charge in [0.15, 0.2) is 5.96 Å². The number of nitrogens with zero attached hydrogens (tertiary/aromatic N) is 2. The molecule has 0 bridgehead atoms. The molecule has 0 spiro atoms. The van der Waals surface area contributed by atoms with Gasteiger partial charge in [-0.3, -0.25) is 14.6 Å². The molecule has 1 aliphatic rings. The summed E-state index contributed by atoms with van der Waals surface area (Å²) < 4.78 is 0. The van der Waals surface area contributed by atoms with Gasteiger partial charge >= 0.3 is 5.97 Å². The lowest BCUT2D eigenvalue weighted by atomic mass is 9.92. The predicted molar refractivity (Wildman–Crippen MR) is 120 cm³/mol. The number of nitrogens with one attached hydrogen (secondary N) is 1. The van der Waals surface area contributed by atoms with E-state index in [2.05, 4.69) is 10.3 Å². The highest BCUT2D eigenvalue weighted by Gasteiger charge is 2.36. The van der Waals surface area contributed by atoms with Crippen molar-refractivity contribution in [2.75, 3.05) is 6.54 Å². The number of fused-ring (bicyclic) bond motifs is 1. The van der Waals surface area contributed by atoms with Crippen molar-refractivity contribution in [3.63, 3.8) is 0 Å². The summed E-state index contributed by atoms with van der Waals surface area (Å²) >= 11 is 0. The van der Waals surface area contributed by atoms with Crippen LogP contribution in [0.1, 0.15) is 34.3 Å². The Morgan fingerprint density at radius 2 is 1.72 bits per heavy atom. The van der Waals surface area contributed by atoms with Crippen LogP contribution < -0.4 is 16.8 Å². The number of nitrogens with two attached hydrogens (primary N) is 2. The first-order valence-corrected chi connectivity index (χ1v) is 10.4. The number of aliphatic imine (C=N–C) groups is 1. The van der Waals surface area contributed by atoms with Crippen LogP contribution in [0.15, 0.2) is 59.6 Å². The van der Waals surface area contributed by atoms with E-state index < -0.39 is 24.0 Å². The molecule has 0 saturated heterocycles. The van der Waals surface area contributed by atoms with E-state index in [4.69, 9.17) is 11.5 Å². The molecule has 1 heterocycles. The molecule has 9 nitrogen and oxygen atoms in total. The van der Waals surface area contributed by atoms with E-state index in [0.29, 0.717) is 18.4 Å². The van der Waals surface area contributed by atoms with Crippen LogP contribution in [0.4, 0.5) is 0 Å². The number of rotatable bonds is 8. The summed E-state index contributed by atoms with van der Waals surface area (Å²) in [6.07, 6.45) is 0.851. The number of benzene rings is 2. The van der Waals surface area contributed by atoms with E-state index in [-0.39, 0.29) is 31.4 Å². The minimum Gasteiger partial charge on any atom is -0.480 e. The highest BCUT2D eigenvalue weighted by Crippen LogP contribution is 2.25. The van der Waals surface area contributed by atoms with Gasteiger partial charge in [0.25, 0.3) is 5.91 Å². The second-order valence-electron chi connectivity index (χ2n) is 7.64. The van der Waals surface area contributed by atoms with Crippen molar-refractivity contribution in [2.24, 2.45) is 16.5 Å². The average molecular weight is 438 g/mol. The number of hydrogen-bond donors (Lipinski definition) is 4. The van der Waals surface area contributed by atoms with Crippen LogP contribution >= 0.6 is 0 Å². The van der Waals surface area contributed by atoms with Gasteiger partial charge in [0.1, 0.15) is 12.1 Å². The van der Waals surface area contributed by atoms with E-state index in [1.807, 2.05) is 30.3 Å². The SMILES string of the molecule is NC(N)=NCCCC(NC(=O)C1Cc2ccccc2CN1C(=O)c1ccccc1)C(=O)O. The molecule has 2 aromatic rings. The van der Waals surface area contributed by atoms with Crippen LogP contribution in [-0.2, 0) is 22.6 Å². The highest BCUT2D eigenvalue weighted by atomic mass is 16.4. The van der Waals surface area contributed by atoms with Crippen LogP contribution in [0.25, 0.3) is 0 Å². The van der Waals surface area contributed by atoms with Crippen molar-refractivity contribution in [3.8, 4) is 0 Å². The predicted octanol–water partition coefficient (Wildman–Crippen LogP) is 0.877. The third-order valence-electron chi connectivity index (χ3n) is 5.39. The monoisotopic (exact) mass is 437 g/mol. The molecule has 2 unspecified atom stereocenters. The van der Waals surface area contributed by atoms with Gasteiger partial charge in [-0.25, -0.2) is 4.79 Å². The first-order chi connectivity index (χ1) is 15.4. The fourth-order valence-corrected chi connectivity index (χ4v) is 3.75. The molecule has 0 radical (unpaired) electrons. The topological polar surface area (TPSA) is 151 Å². The van der Waals surface area contributed by atoms with Crippen molar-refractivity contribution in [1.82, 2.24) is 10.2 Å². The highest BCUT2D eigenvalue weighted by molar-refractivity contribution is 5.98. The maximum atomic E-state index is 13.2. The lowest BCUT2D eigenvalue weighted by Gasteiger charge is -2.36. The Hall–Kier alpha value is -3.88. The minimum atomic E-state index is -1.15. The first-order valence-electron chi connectivity index (χ1n) is 10.4. The van der Waals surface area contributed by atoms with E-state index in [9.17, 15) is 19.5 Å². The number of guanidine groups is 1. The van der Waals surface area contributed by atoms with Gasteiger partial charge in [-0.05, 0) is 36.1 Å². The Morgan fingerprint density at radius 1 is 1.06 bits per heavy atom. The van der Waals surface area contributed by atoms with Gasteiger partial charge < -0.3 is 26.8 Å². The molecular weight excluding hydrogens is 410 g/mol. The lowest BCUT2D eigenvalue weighted by Crippen LogP contribution is -2.55. The average Bonchev–Trinajstić information content (AvgIpc) is 2.79. The van der Waals surface area contributed by atoms with Crippen molar-refractivity contribution in [2.45, 2.75) is 37.9 Å². The molecule has 0 saturated carbocycles. The summed E-state index contributed by atoms with van der Waals surface area (Å²) in [6.45, 7) is 0.529. The molecule has 0 aromatic heterocycles. The van der Waals surface area contributed by atoms with Gasteiger partial charge in [0.2, 0.25) is 5.91 Å². The zero-order valence-electron chi connectivity index (χ0n) is 17.6.